The smallest absolute Gasteiger partial charge is 0.0620 e. The van der Waals surface area contributed by atoms with Crippen molar-refractivity contribution in [3.63, 3.8) is 0 Å². The maximum atomic E-state index is 9.87. The van der Waals surface area contributed by atoms with Gasteiger partial charge in [0.1, 0.15) is 0 Å². The molecule has 1 aromatic carbocycles. The third kappa shape index (κ3) is 3.35. The number of rotatable bonds is 3. The van der Waals surface area contributed by atoms with Crippen LogP contribution in [0, 0.1) is 19.8 Å². The molecule has 0 saturated carbocycles. The Morgan fingerprint density at radius 3 is 2.27 bits per heavy atom. The van der Waals surface area contributed by atoms with Crippen LogP contribution in [0.15, 0.2) is 18.2 Å². The summed E-state index contributed by atoms with van der Waals surface area (Å²) in [5.74, 6) is 0.277. The summed E-state index contributed by atoms with van der Waals surface area (Å²) in [5, 5.41) is 9.87. The molecule has 0 amide bonds. The minimum atomic E-state index is -0.598. The molecule has 0 spiro atoms. The van der Waals surface area contributed by atoms with Crippen LogP contribution >= 0.6 is 0 Å². The topological polar surface area (TPSA) is 20.2 Å². The van der Waals surface area contributed by atoms with Gasteiger partial charge in [0.25, 0.3) is 0 Å². The Balaban J connectivity index is 2.78. The van der Waals surface area contributed by atoms with Crippen LogP contribution in [-0.4, -0.2) is 10.7 Å². The van der Waals surface area contributed by atoms with Gasteiger partial charge >= 0.3 is 0 Å². The molecule has 84 valence electrons. The van der Waals surface area contributed by atoms with Gasteiger partial charge in [0.2, 0.25) is 0 Å². The fourth-order valence-corrected chi connectivity index (χ4v) is 1.53. The van der Waals surface area contributed by atoms with E-state index in [1.807, 2.05) is 13.8 Å². The Labute approximate surface area is 93.1 Å². The monoisotopic (exact) mass is 206 g/mol. The van der Waals surface area contributed by atoms with Gasteiger partial charge in [-0.05, 0) is 56.7 Å². The van der Waals surface area contributed by atoms with Crippen molar-refractivity contribution in [2.45, 2.75) is 46.6 Å². The summed E-state index contributed by atoms with van der Waals surface area (Å²) in [6, 6.07) is 6.53. The van der Waals surface area contributed by atoms with Crippen LogP contribution in [0.3, 0.4) is 0 Å². The Hall–Kier alpha value is -0.820. The van der Waals surface area contributed by atoms with E-state index in [-0.39, 0.29) is 5.92 Å². The molecule has 1 nitrogen and oxygen atoms in total. The van der Waals surface area contributed by atoms with E-state index in [2.05, 4.69) is 39.0 Å². The molecule has 1 atom stereocenters. The first-order valence-electron chi connectivity index (χ1n) is 5.59. The first-order chi connectivity index (χ1) is 6.80. The largest absolute Gasteiger partial charge is 0.390 e. The molecule has 0 aliphatic carbocycles. The first-order valence-corrected chi connectivity index (χ1v) is 5.59. The SMILES string of the molecule is Cc1ccc(CC(C)C(C)(C)O)cc1C. The second-order valence-electron chi connectivity index (χ2n) is 5.18. The third-order valence-electron chi connectivity index (χ3n) is 3.32. The van der Waals surface area contributed by atoms with E-state index in [4.69, 9.17) is 0 Å². The lowest BCUT2D eigenvalue weighted by molar-refractivity contribution is 0.0251. The first kappa shape index (κ1) is 12.3. The van der Waals surface area contributed by atoms with E-state index in [1.165, 1.54) is 16.7 Å². The van der Waals surface area contributed by atoms with Gasteiger partial charge in [0.05, 0.1) is 5.60 Å². The van der Waals surface area contributed by atoms with Crippen molar-refractivity contribution in [2.75, 3.05) is 0 Å². The third-order valence-corrected chi connectivity index (χ3v) is 3.32. The average Bonchev–Trinajstić information content (AvgIpc) is 2.10. The van der Waals surface area contributed by atoms with Crippen molar-refractivity contribution in [1.29, 1.82) is 0 Å². The zero-order valence-corrected chi connectivity index (χ0v) is 10.5. The van der Waals surface area contributed by atoms with E-state index >= 15 is 0 Å². The molecular weight excluding hydrogens is 184 g/mol. The Morgan fingerprint density at radius 1 is 1.20 bits per heavy atom. The molecule has 0 aromatic heterocycles. The molecule has 1 aromatic rings. The van der Waals surface area contributed by atoms with Gasteiger partial charge in [-0.2, -0.15) is 0 Å². The summed E-state index contributed by atoms with van der Waals surface area (Å²) in [6.07, 6.45) is 0.935. The zero-order chi connectivity index (χ0) is 11.6. The quantitative estimate of drug-likeness (QED) is 0.805. The van der Waals surface area contributed by atoms with Crippen molar-refractivity contribution < 1.29 is 5.11 Å². The molecule has 1 N–H and O–H groups in total. The normalized spacial score (nSPS) is 14.0. The molecule has 0 aliphatic heterocycles. The molecule has 0 saturated heterocycles. The van der Waals surface area contributed by atoms with Crippen LogP contribution in [0.4, 0.5) is 0 Å². The van der Waals surface area contributed by atoms with Crippen LogP contribution in [0.1, 0.15) is 37.5 Å². The molecule has 0 radical (unpaired) electrons. The molecule has 0 fully saturated rings. The van der Waals surface area contributed by atoms with Crippen molar-refractivity contribution in [3.05, 3.63) is 34.9 Å². The highest BCUT2D eigenvalue weighted by atomic mass is 16.3. The molecule has 0 aliphatic rings. The van der Waals surface area contributed by atoms with Crippen LogP contribution in [0.5, 0.6) is 0 Å². The number of benzene rings is 1. The van der Waals surface area contributed by atoms with Crippen LogP contribution in [0.25, 0.3) is 0 Å². The molecule has 1 rings (SSSR count). The minimum absolute atomic E-state index is 0.277. The van der Waals surface area contributed by atoms with Crippen LogP contribution in [-0.2, 0) is 6.42 Å². The summed E-state index contributed by atoms with van der Waals surface area (Å²) in [5.41, 5.74) is 3.37. The predicted molar refractivity (Wildman–Crippen MR) is 65.1 cm³/mol. The average molecular weight is 206 g/mol. The summed E-state index contributed by atoms with van der Waals surface area (Å²) < 4.78 is 0. The molecule has 1 unspecified atom stereocenters. The van der Waals surface area contributed by atoms with E-state index < -0.39 is 5.60 Å². The van der Waals surface area contributed by atoms with E-state index in [0.717, 1.165) is 6.42 Å². The van der Waals surface area contributed by atoms with E-state index in [1.54, 1.807) is 0 Å². The Morgan fingerprint density at radius 2 is 1.80 bits per heavy atom. The van der Waals surface area contributed by atoms with Gasteiger partial charge in [0, 0.05) is 0 Å². The second kappa shape index (κ2) is 4.36. The standard InChI is InChI=1S/C14H22O/c1-10-6-7-13(8-11(10)2)9-12(3)14(4,5)15/h6-8,12,15H,9H2,1-5H3. The number of hydrogen-bond donors (Lipinski definition) is 1. The van der Waals surface area contributed by atoms with Gasteiger partial charge in [-0.25, -0.2) is 0 Å². The highest BCUT2D eigenvalue weighted by Crippen LogP contribution is 2.21. The summed E-state index contributed by atoms with van der Waals surface area (Å²) in [7, 11) is 0. The lowest BCUT2D eigenvalue weighted by Gasteiger charge is -2.26. The van der Waals surface area contributed by atoms with E-state index in [0.29, 0.717) is 0 Å². The van der Waals surface area contributed by atoms with Gasteiger partial charge in [-0.15, -0.1) is 0 Å². The van der Waals surface area contributed by atoms with Gasteiger partial charge < -0.3 is 5.11 Å². The maximum absolute atomic E-state index is 9.87. The molecular formula is C14H22O. The molecule has 1 heteroatoms. The second-order valence-corrected chi connectivity index (χ2v) is 5.18. The molecule has 0 heterocycles. The lowest BCUT2D eigenvalue weighted by Crippen LogP contribution is -2.30. The zero-order valence-electron chi connectivity index (χ0n) is 10.5. The Kier molecular flexibility index (Phi) is 3.56. The van der Waals surface area contributed by atoms with Crippen LogP contribution < -0.4 is 0 Å². The fourth-order valence-electron chi connectivity index (χ4n) is 1.53. The van der Waals surface area contributed by atoms with Crippen LogP contribution in [0.2, 0.25) is 0 Å². The number of hydrogen-bond acceptors (Lipinski definition) is 1. The van der Waals surface area contributed by atoms with Gasteiger partial charge in [0.15, 0.2) is 0 Å². The highest BCUT2D eigenvalue weighted by Gasteiger charge is 2.22. The van der Waals surface area contributed by atoms with Crippen molar-refractivity contribution in [2.24, 2.45) is 5.92 Å². The Bertz CT molecular complexity index is 334. The fraction of sp³-hybridized carbons (Fsp3) is 0.571. The summed E-state index contributed by atoms with van der Waals surface area (Å²) >= 11 is 0. The highest BCUT2D eigenvalue weighted by molar-refractivity contribution is 5.30. The van der Waals surface area contributed by atoms with Crippen molar-refractivity contribution in [1.82, 2.24) is 0 Å². The van der Waals surface area contributed by atoms with Gasteiger partial charge in [-0.3, -0.25) is 0 Å². The van der Waals surface area contributed by atoms with Gasteiger partial charge in [-0.1, -0.05) is 25.1 Å². The summed E-state index contributed by atoms with van der Waals surface area (Å²) in [4.78, 5) is 0. The minimum Gasteiger partial charge on any atom is -0.390 e. The van der Waals surface area contributed by atoms with Crippen molar-refractivity contribution >= 4 is 0 Å². The van der Waals surface area contributed by atoms with Crippen molar-refractivity contribution in [3.8, 4) is 0 Å². The molecule has 15 heavy (non-hydrogen) atoms. The predicted octanol–water partition coefficient (Wildman–Crippen LogP) is 3.25. The van der Waals surface area contributed by atoms with E-state index in [9.17, 15) is 5.11 Å². The summed E-state index contributed by atoms with van der Waals surface area (Å²) in [6.45, 7) is 10.1. The number of aliphatic hydroxyl groups is 1. The maximum Gasteiger partial charge on any atom is 0.0620 e. The number of aryl methyl sites for hydroxylation is 2. The molecule has 0 bridgehead atoms. The lowest BCUT2D eigenvalue weighted by atomic mass is 9.86.